The van der Waals surface area contributed by atoms with Gasteiger partial charge in [-0.25, -0.2) is 9.67 Å². The van der Waals surface area contributed by atoms with Gasteiger partial charge in [-0.05, 0) is 6.92 Å². The minimum Gasteiger partial charge on any atom is -0.380 e. The van der Waals surface area contributed by atoms with Crippen molar-refractivity contribution < 1.29 is 5.11 Å². The van der Waals surface area contributed by atoms with Crippen LogP contribution in [0.25, 0.3) is 0 Å². The molecule has 0 aromatic carbocycles. The van der Waals surface area contributed by atoms with E-state index >= 15 is 0 Å². The number of imidazole rings is 1. The second-order valence-electron chi connectivity index (χ2n) is 3.47. The molecular weight excluding hydrogens is 194 g/mol. The van der Waals surface area contributed by atoms with Crippen LogP contribution in [0.2, 0.25) is 0 Å². The molecule has 15 heavy (non-hydrogen) atoms. The molecule has 80 valence electrons. The van der Waals surface area contributed by atoms with Gasteiger partial charge in [0.25, 0.3) is 0 Å². The van der Waals surface area contributed by atoms with Crippen LogP contribution in [0.15, 0.2) is 12.4 Å². The van der Waals surface area contributed by atoms with Crippen molar-refractivity contribution in [1.82, 2.24) is 24.5 Å². The molecule has 0 aliphatic heterocycles. The van der Waals surface area contributed by atoms with E-state index in [0.29, 0.717) is 5.69 Å². The Morgan fingerprint density at radius 1 is 1.27 bits per heavy atom. The lowest BCUT2D eigenvalue weighted by atomic mass is 10.2. The van der Waals surface area contributed by atoms with E-state index in [0.717, 1.165) is 11.5 Å². The van der Waals surface area contributed by atoms with Gasteiger partial charge in [-0.15, -0.1) is 5.10 Å². The van der Waals surface area contributed by atoms with E-state index in [9.17, 15) is 5.11 Å². The molecule has 1 unspecified atom stereocenters. The number of aliphatic hydroxyl groups is 1. The van der Waals surface area contributed by atoms with Gasteiger partial charge < -0.3 is 9.67 Å². The summed E-state index contributed by atoms with van der Waals surface area (Å²) in [5, 5.41) is 17.6. The molecule has 0 saturated carbocycles. The lowest BCUT2D eigenvalue weighted by molar-refractivity contribution is 0.201. The van der Waals surface area contributed by atoms with Crippen LogP contribution in [-0.4, -0.2) is 29.7 Å². The first kappa shape index (κ1) is 9.85. The summed E-state index contributed by atoms with van der Waals surface area (Å²) in [7, 11) is 3.61. The number of aryl methyl sites for hydroxylation is 2. The smallest absolute Gasteiger partial charge is 0.139 e. The van der Waals surface area contributed by atoms with Crippen LogP contribution in [-0.2, 0) is 14.1 Å². The van der Waals surface area contributed by atoms with E-state index in [1.807, 2.05) is 18.5 Å². The predicted octanol–water partition coefficient (Wildman–Crippen LogP) is -0.0613. The van der Waals surface area contributed by atoms with Crippen LogP contribution in [0, 0.1) is 6.92 Å². The average Bonchev–Trinajstić information content (AvgIpc) is 2.75. The largest absolute Gasteiger partial charge is 0.380 e. The van der Waals surface area contributed by atoms with Gasteiger partial charge in [-0.3, -0.25) is 0 Å². The second kappa shape index (κ2) is 3.47. The standard InChI is InChI=1S/C9H13N5O/c1-6-10-4-7(13(6)2)9(15)8-5-11-12-14(8)3/h4-5,9,15H,1-3H3. The normalized spacial score (nSPS) is 13.1. The van der Waals surface area contributed by atoms with Crippen molar-refractivity contribution in [3.05, 3.63) is 29.6 Å². The Labute approximate surface area is 87.2 Å². The minimum absolute atomic E-state index is 0.651. The monoisotopic (exact) mass is 207 g/mol. The molecule has 2 rings (SSSR count). The maximum atomic E-state index is 10.1. The van der Waals surface area contributed by atoms with E-state index in [2.05, 4.69) is 15.3 Å². The van der Waals surface area contributed by atoms with Crippen molar-refractivity contribution in [2.24, 2.45) is 14.1 Å². The summed E-state index contributed by atoms with van der Waals surface area (Å²) in [5.41, 5.74) is 1.39. The van der Waals surface area contributed by atoms with Crippen molar-refractivity contribution in [2.45, 2.75) is 13.0 Å². The highest BCUT2D eigenvalue weighted by Gasteiger charge is 2.18. The van der Waals surface area contributed by atoms with Crippen molar-refractivity contribution in [3.63, 3.8) is 0 Å². The summed E-state index contributed by atoms with van der Waals surface area (Å²) in [6, 6.07) is 0. The maximum Gasteiger partial charge on any atom is 0.139 e. The topological polar surface area (TPSA) is 68.8 Å². The van der Waals surface area contributed by atoms with Crippen LogP contribution in [0.4, 0.5) is 0 Å². The minimum atomic E-state index is -0.740. The van der Waals surface area contributed by atoms with Crippen molar-refractivity contribution in [3.8, 4) is 0 Å². The third kappa shape index (κ3) is 1.52. The first-order valence-corrected chi connectivity index (χ1v) is 4.62. The van der Waals surface area contributed by atoms with E-state index in [1.165, 1.54) is 0 Å². The SMILES string of the molecule is Cc1ncc(C(O)c2cnnn2C)n1C. The number of aliphatic hydroxyl groups excluding tert-OH is 1. The number of nitrogens with zero attached hydrogens (tertiary/aromatic N) is 5. The fourth-order valence-corrected chi connectivity index (χ4v) is 1.47. The maximum absolute atomic E-state index is 10.1. The first-order chi connectivity index (χ1) is 7.11. The number of aromatic nitrogens is 5. The molecule has 6 nitrogen and oxygen atoms in total. The zero-order valence-corrected chi connectivity index (χ0v) is 8.92. The van der Waals surface area contributed by atoms with Gasteiger partial charge in [0.15, 0.2) is 0 Å². The van der Waals surface area contributed by atoms with Crippen molar-refractivity contribution in [1.29, 1.82) is 0 Å². The second-order valence-corrected chi connectivity index (χ2v) is 3.47. The highest BCUT2D eigenvalue weighted by molar-refractivity contribution is 5.17. The first-order valence-electron chi connectivity index (χ1n) is 4.62. The predicted molar refractivity (Wildman–Crippen MR) is 53.0 cm³/mol. The van der Waals surface area contributed by atoms with Crippen molar-refractivity contribution >= 4 is 0 Å². The summed E-state index contributed by atoms with van der Waals surface area (Å²) >= 11 is 0. The van der Waals surface area contributed by atoms with Gasteiger partial charge in [0.05, 0.1) is 23.8 Å². The molecule has 1 atom stereocenters. The molecule has 0 bridgehead atoms. The summed E-state index contributed by atoms with van der Waals surface area (Å²) in [6.07, 6.45) is 2.47. The van der Waals surface area contributed by atoms with Crippen molar-refractivity contribution in [2.75, 3.05) is 0 Å². The van der Waals surface area contributed by atoms with Crippen LogP contribution in [0.3, 0.4) is 0 Å². The third-order valence-corrected chi connectivity index (χ3v) is 2.57. The Balaban J connectivity index is 2.41. The Hall–Kier alpha value is -1.69. The molecule has 2 aromatic rings. The summed E-state index contributed by atoms with van der Waals surface area (Å²) in [4.78, 5) is 4.13. The zero-order valence-electron chi connectivity index (χ0n) is 8.92. The fraction of sp³-hybridized carbons (Fsp3) is 0.444. The average molecular weight is 207 g/mol. The molecule has 6 heteroatoms. The molecule has 2 heterocycles. The molecule has 0 aliphatic rings. The van der Waals surface area contributed by atoms with Crippen LogP contribution in [0.5, 0.6) is 0 Å². The molecular formula is C9H13N5O. The molecule has 0 spiro atoms. The highest BCUT2D eigenvalue weighted by atomic mass is 16.3. The molecule has 0 amide bonds. The van der Waals surface area contributed by atoms with Gasteiger partial charge >= 0.3 is 0 Å². The lowest BCUT2D eigenvalue weighted by Gasteiger charge is -2.11. The summed E-state index contributed by atoms with van der Waals surface area (Å²) in [5.74, 6) is 0.860. The van der Waals surface area contributed by atoms with E-state index in [-0.39, 0.29) is 0 Å². The van der Waals surface area contributed by atoms with Crippen LogP contribution < -0.4 is 0 Å². The van der Waals surface area contributed by atoms with Gasteiger partial charge in [0, 0.05) is 14.1 Å². The summed E-state index contributed by atoms with van der Waals surface area (Å²) < 4.78 is 3.39. The van der Waals surface area contributed by atoms with Gasteiger partial charge in [-0.1, -0.05) is 5.21 Å². The molecule has 0 fully saturated rings. The van der Waals surface area contributed by atoms with E-state index in [4.69, 9.17) is 0 Å². The fourth-order valence-electron chi connectivity index (χ4n) is 1.47. The molecule has 1 N–H and O–H groups in total. The molecule has 0 radical (unpaired) electrons. The molecule has 0 saturated heterocycles. The number of hydrogen-bond donors (Lipinski definition) is 1. The van der Waals surface area contributed by atoms with Gasteiger partial charge in [0.2, 0.25) is 0 Å². The molecule has 2 aromatic heterocycles. The Morgan fingerprint density at radius 2 is 2.00 bits per heavy atom. The Morgan fingerprint density at radius 3 is 2.47 bits per heavy atom. The lowest BCUT2D eigenvalue weighted by Crippen LogP contribution is -2.10. The number of hydrogen-bond acceptors (Lipinski definition) is 4. The van der Waals surface area contributed by atoms with Gasteiger partial charge in [0.1, 0.15) is 11.9 Å². The van der Waals surface area contributed by atoms with Gasteiger partial charge in [-0.2, -0.15) is 0 Å². The molecule has 0 aliphatic carbocycles. The van der Waals surface area contributed by atoms with E-state index in [1.54, 1.807) is 24.1 Å². The van der Waals surface area contributed by atoms with Crippen LogP contribution in [0.1, 0.15) is 23.3 Å². The zero-order chi connectivity index (χ0) is 11.0. The Bertz CT molecular complexity index is 473. The third-order valence-electron chi connectivity index (χ3n) is 2.57. The summed E-state index contributed by atoms with van der Waals surface area (Å²) in [6.45, 7) is 1.89. The Kier molecular flexibility index (Phi) is 2.28. The quantitative estimate of drug-likeness (QED) is 0.749. The van der Waals surface area contributed by atoms with E-state index < -0.39 is 6.10 Å². The number of rotatable bonds is 2. The highest BCUT2D eigenvalue weighted by Crippen LogP contribution is 2.20. The van der Waals surface area contributed by atoms with Crippen LogP contribution >= 0.6 is 0 Å².